The fourth-order valence-corrected chi connectivity index (χ4v) is 3.77. The van der Waals surface area contributed by atoms with E-state index in [0.717, 1.165) is 5.56 Å². The molecule has 8 nitrogen and oxygen atoms in total. The van der Waals surface area contributed by atoms with Gasteiger partial charge in [-0.05, 0) is 48.9 Å². The third kappa shape index (κ3) is 4.37. The van der Waals surface area contributed by atoms with Crippen LogP contribution in [0.3, 0.4) is 0 Å². The number of hydrogen-bond donors (Lipinski definition) is 4. The van der Waals surface area contributed by atoms with Gasteiger partial charge in [0.25, 0.3) is 5.91 Å². The average molecular weight is 473 g/mol. The molecule has 9 heteroatoms. The van der Waals surface area contributed by atoms with Crippen molar-refractivity contribution in [2.24, 2.45) is 5.73 Å². The lowest BCUT2D eigenvalue weighted by Crippen LogP contribution is -2.13. The molecule has 0 aliphatic carbocycles. The number of nitrogens with one attached hydrogen (secondary N) is 1. The smallest absolute Gasteiger partial charge is 0.252 e. The number of halogens is 1. The Labute approximate surface area is 201 Å². The van der Waals surface area contributed by atoms with Gasteiger partial charge in [-0.25, -0.2) is 9.97 Å². The highest BCUT2D eigenvalue weighted by molar-refractivity contribution is 6.31. The number of aromatic amines is 1. The number of nitrogens with zero attached hydrogens (tertiary/aromatic N) is 2. The molecule has 0 spiro atoms. The molecule has 0 saturated carbocycles. The van der Waals surface area contributed by atoms with Crippen LogP contribution in [0.25, 0.3) is 22.6 Å². The van der Waals surface area contributed by atoms with Gasteiger partial charge in [-0.3, -0.25) is 4.79 Å². The van der Waals surface area contributed by atoms with E-state index in [2.05, 4.69) is 26.8 Å². The number of hydrogen-bond acceptors (Lipinski definition) is 6. The van der Waals surface area contributed by atoms with Gasteiger partial charge in [-0.1, -0.05) is 29.5 Å². The summed E-state index contributed by atoms with van der Waals surface area (Å²) in [7, 11) is 1.54. The van der Waals surface area contributed by atoms with Crippen LogP contribution in [-0.4, -0.2) is 28.0 Å². The molecular weight excluding hydrogens is 452 g/mol. The van der Waals surface area contributed by atoms with Crippen molar-refractivity contribution in [3.63, 3.8) is 0 Å². The second-order valence-corrected chi connectivity index (χ2v) is 7.89. The number of methoxy groups -OCH3 is 1. The zero-order chi connectivity index (χ0) is 24.4. The maximum absolute atomic E-state index is 12.7. The van der Waals surface area contributed by atoms with Crippen LogP contribution in [0.5, 0.6) is 5.75 Å². The zero-order valence-corrected chi connectivity index (χ0v) is 19.2. The van der Waals surface area contributed by atoms with E-state index in [1.165, 1.54) is 13.3 Å². The number of aryl methyl sites for hydroxylation is 1. The molecule has 1 amide bonds. The van der Waals surface area contributed by atoms with E-state index in [9.17, 15) is 4.79 Å². The molecule has 0 unspecified atom stereocenters. The average Bonchev–Trinajstić information content (AvgIpc) is 3.19. The summed E-state index contributed by atoms with van der Waals surface area (Å²) in [4.78, 5) is 24.2. The van der Waals surface area contributed by atoms with Crippen molar-refractivity contribution in [2.75, 3.05) is 18.6 Å². The molecule has 0 aliphatic heterocycles. The minimum absolute atomic E-state index is 0.0737. The third-order valence-corrected chi connectivity index (χ3v) is 5.43. The van der Waals surface area contributed by atoms with E-state index >= 15 is 0 Å². The number of nitrogens with two attached hydrogens (primary N) is 3. The van der Waals surface area contributed by atoms with E-state index in [1.807, 2.05) is 13.0 Å². The molecule has 2 aromatic carbocycles. The fourth-order valence-electron chi connectivity index (χ4n) is 3.60. The summed E-state index contributed by atoms with van der Waals surface area (Å²) < 4.78 is 5.39. The lowest BCUT2D eigenvalue weighted by molar-refractivity contribution is 0.100. The minimum atomic E-state index is -0.664. The van der Waals surface area contributed by atoms with Gasteiger partial charge in [0.05, 0.1) is 40.9 Å². The largest absolute Gasteiger partial charge is 0.495 e. The maximum Gasteiger partial charge on any atom is 0.252 e. The Hall–Kier alpha value is -4.48. The normalized spacial score (nSPS) is 10.4. The van der Waals surface area contributed by atoms with Crippen molar-refractivity contribution >= 4 is 29.1 Å². The summed E-state index contributed by atoms with van der Waals surface area (Å²) in [6, 6.07) is 12.2. The Balaban J connectivity index is 2.04. The summed E-state index contributed by atoms with van der Waals surface area (Å²) in [5, 5.41) is 0.510. The van der Waals surface area contributed by atoms with Gasteiger partial charge < -0.3 is 26.9 Å². The lowest BCUT2D eigenvalue weighted by atomic mass is 9.99. The number of anilines is 2. The van der Waals surface area contributed by atoms with Crippen LogP contribution in [0.2, 0.25) is 5.02 Å². The molecule has 0 saturated heterocycles. The quantitative estimate of drug-likeness (QED) is 0.262. The van der Waals surface area contributed by atoms with Gasteiger partial charge in [0.2, 0.25) is 5.95 Å². The maximum atomic E-state index is 12.7. The number of amides is 1. The van der Waals surface area contributed by atoms with E-state index in [-0.39, 0.29) is 11.5 Å². The molecular formula is C25H21ClN6O2. The first-order valence-corrected chi connectivity index (χ1v) is 10.5. The van der Waals surface area contributed by atoms with Crippen LogP contribution in [0.4, 0.5) is 11.6 Å². The molecule has 7 N–H and O–H groups in total. The molecule has 0 fully saturated rings. The minimum Gasteiger partial charge on any atom is -0.495 e. The highest BCUT2D eigenvalue weighted by Crippen LogP contribution is 2.35. The molecule has 34 heavy (non-hydrogen) atoms. The number of carbonyl (C=O) groups excluding carboxylic acids is 1. The monoisotopic (exact) mass is 472 g/mol. The van der Waals surface area contributed by atoms with E-state index in [4.69, 9.17) is 33.5 Å². The molecule has 4 aromatic rings. The van der Waals surface area contributed by atoms with Crippen molar-refractivity contribution in [1.82, 2.24) is 15.0 Å². The van der Waals surface area contributed by atoms with Gasteiger partial charge in [-0.2, -0.15) is 0 Å². The Kier molecular flexibility index (Phi) is 6.13. The number of rotatable bonds is 4. The third-order valence-electron chi connectivity index (χ3n) is 5.19. The molecule has 0 atom stereocenters. The number of ether oxygens (including phenoxy) is 1. The molecule has 0 aliphatic rings. The number of aromatic nitrogens is 3. The summed E-state index contributed by atoms with van der Waals surface area (Å²) in [6.07, 6.45) is 1.52. The number of H-pyrrole nitrogens is 1. The molecule has 0 bridgehead atoms. The highest BCUT2D eigenvalue weighted by atomic mass is 35.5. The van der Waals surface area contributed by atoms with Crippen LogP contribution < -0.4 is 21.9 Å². The van der Waals surface area contributed by atoms with Crippen molar-refractivity contribution < 1.29 is 9.53 Å². The van der Waals surface area contributed by atoms with E-state index < -0.39 is 5.91 Å². The fraction of sp³-hybridized carbons (Fsp3) is 0.0800. The van der Waals surface area contributed by atoms with Gasteiger partial charge in [-0.15, -0.1) is 0 Å². The van der Waals surface area contributed by atoms with Crippen LogP contribution in [0.15, 0.2) is 48.7 Å². The van der Waals surface area contributed by atoms with Crippen LogP contribution in [0.1, 0.15) is 27.0 Å². The lowest BCUT2D eigenvalue weighted by Gasteiger charge is -2.07. The summed E-state index contributed by atoms with van der Waals surface area (Å²) in [5.74, 6) is 6.07. The van der Waals surface area contributed by atoms with Crippen LogP contribution in [0, 0.1) is 18.8 Å². The number of benzene rings is 2. The molecule has 2 heterocycles. The molecule has 0 radical (unpaired) electrons. The molecule has 170 valence electrons. The zero-order valence-electron chi connectivity index (χ0n) is 18.4. The van der Waals surface area contributed by atoms with E-state index in [1.54, 1.807) is 36.4 Å². The SMILES string of the molecule is COc1ccc(N)cc1C#Cc1c(-c2ccnc(N)n2)[nH]c(-c2cc(Cl)ccc2C)c1C(N)=O. The first-order valence-electron chi connectivity index (χ1n) is 10.1. The van der Waals surface area contributed by atoms with Gasteiger partial charge >= 0.3 is 0 Å². The first-order chi connectivity index (χ1) is 16.3. The van der Waals surface area contributed by atoms with Crippen molar-refractivity contribution in [1.29, 1.82) is 0 Å². The second kappa shape index (κ2) is 9.17. The molecule has 4 rings (SSSR count). The van der Waals surface area contributed by atoms with Gasteiger partial charge in [0.1, 0.15) is 5.75 Å². The van der Waals surface area contributed by atoms with Crippen LogP contribution in [-0.2, 0) is 0 Å². The van der Waals surface area contributed by atoms with E-state index in [0.29, 0.717) is 50.2 Å². The second-order valence-electron chi connectivity index (χ2n) is 7.46. The Bertz CT molecular complexity index is 1480. The van der Waals surface area contributed by atoms with Gasteiger partial charge in [0, 0.05) is 22.5 Å². The number of primary amides is 1. The number of carbonyl (C=O) groups is 1. The summed E-state index contributed by atoms with van der Waals surface area (Å²) in [6.45, 7) is 1.91. The Morgan fingerprint density at radius 3 is 2.59 bits per heavy atom. The predicted molar refractivity (Wildman–Crippen MR) is 133 cm³/mol. The number of nitrogen functional groups attached to an aromatic ring is 2. The standard InChI is InChI=1S/C25H21ClN6O2/c1-13-3-5-15(26)12-18(13)23-21(24(28)33)17(22(32-23)19-9-10-30-25(29)31-19)7-4-14-11-16(27)6-8-20(14)34-2/h3,5-6,8-12,32H,27H2,1-2H3,(H2,28,33)(H2,29,30,31). The summed E-state index contributed by atoms with van der Waals surface area (Å²) >= 11 is 6.25. The van der Waals surface area contributed by atoms with Crippen molar-refractivity contribution in [3.8, 4) is 40.2 Å². The van der Waals surface area contributed by atoms with Gasteiger partial charge in [0.15, 0.2) is 0 Å². The van der Waals surface area contributed by atoms with Crippen LogP contribution >= 0.6 is 11.6 Å². The topological polar surface area (TPSA) is 146 Å². The predicted octanol–water partition coefficient (Wildman–Crippen LogP) is 3.77. The van der Waals surface area contributed by atoms with Crippen molar-refractivity contribution in [3.05, 3.63) is 75.9 Å². The Morgan fingerprint density at radius 2 is 1.88 bits per heavy atom. The Morgan fingerprint density at radius 1 is 1.09 bits per heavy atom. The highest BCUT2D eigenvalue weighted by Gasteiger charge is 2.24. The summed E-state index contributed by atoms with van der Waals surface area (Å²) in [5.41, 5.74) is 22.2. The van der Waals surface area contributed by atoms with Crippen molar-refractivity contribution in [2.45, 2.75) is 6.92 Å². The first kappa shape index (κ1) is 22.7. The molecule has 2 aromatic heterocycles.